The standard InChI is InChI=1S/C8H10N2O2/c1-5(2)6-3-9-7-8(10-6)12-4-11-7/h3,5H,4H2,1-2H3. The van der Waals surface area contributed by atoms with Crippen LogP contribution in [0.4, 0.5) is 0 Å². The van der Waals surface area contributed by atoms with Gasteiger partial charge in [0.05, 0.1) is 11.9 Å². The fourth-order valence-corrected chi connectivity index (χ4v) is 0.986. The van der Waals surface area contributed by atoms with Crippen LogP contribution in [0.1, 0.15) is 25.5 Å². The lowest BCUT2D eigenvalue weighted by molar-refractivity contribution is 0.168. The fourth-order valence-electron chi connectivity index (χ4n) is 0.986. The highest BCUT2D eigenvalue weighted by Crippen LogP contribution is 2.27. The first-order valence-electron chi connectivity index (χ1n) is 3.90. The highest BCUT2D eigenvalue weighted by Gasteiger charge is 2.17. The van der Waals surface area contributed by atoms with E-state index < -0.39 is 0 Å². The van der Waals surface area contributed by atoms with Gasteiger partial charge in [0, 0.05) is 0 Å². The molecule has 0 bridgehead atoms. The van der Waals surface area contributed by atoms with Gasteiger partial charge in [-0.3, -0.25) is 0 Å². The second-order valence-corrected chi connectivity index (χ2v) is 2.97. The minimum absolute atomic E-state index is 0.233. The molecule has 2 rings (SSSR count). The SMILES string of the molecule is CC(C)c1cnc2c(n1)OCO2. The van der Waals surface area contributed by atoms with Crippen molar-refractivity contribution in [2.45, 2.75) is 19.8 Å². The van der Waals surface area contributed by atoms with E-state index >= 15 is 0 Å². The average molecular weight is 166 g/mol. The van der Waals surface area contributed by atoms with Crippen molar-refractivity contribution >= 4 is 0 Å². The van der Waals surface area contributed by atoms with Crippen LogP contribution in [0.2, 0.25) is 0 Å². The van der Waals surface area contributed by atoms with Crippen LogP contribution >= 0.6 is 0 Å². The van der Waals surface area contributed by atoms with Gasteiger partial charge >= 0.3 is 0 Å². The van der Waals surface area contributed by atoms with Gasteiger partial charge in [-0.05, 0) is 5.92 Å². The van der Waals surface area contributed by atoms with Crippen LogP contribution in [0.25, 0.3) is 0 Å². The van der Waals surface area contributed by atoms with Crippen LogP contribution < -0.4 is 9.47 Å². The lowest BCUT2D eigenvalue weighted by atomic mass is 10.1. The second-order valence-electron chi connectivity index (χ2n) is 2.97. The fraction of sp³-hybridized carbons (Fsp3) is 0.500. The van der Waals surface area contributed by atoms with Crippen molar-refractivity contribution in [3.8, 4) is 11.8 Å². The number of aromatic nitrogens is 2. The quantitative estimate of drug-likeness (QED) is 0.631. The molecule has 12 heavy (non-hydrogen) atoms. The summed E-state index contributed by atoms with van der Waals surface area (Å²) in [5.74, 6) is 1.38. The molecule has 0 saturated heterocycles. The van der Waals surface area contributed by atoms with Crippen molar-refractivity contribution in [2.75, 3.05) is 6.79 Å². The van der Waals surface area contributed by atoms with Crippen LogP contribution in [0.3, 0.4) is 0 Å². The molecule has 0 aromatic carbocycles. The van der Waals surface area contributed by atoms with E-state index in [0.717, 1.165) is 5.69 Å². The maximum atomic E-state index is 5.09. The van der Waals surface area contributed by atoms with E-state index in [-0.39, 0.29) is 6.79 Å². The molecule has 4 heteroatoms. The molecule has 1 aliphatic heterocycles. The Kier molecular flexibility index (Phi) is 1.60. The second kappa shape index (κ2) is 2.62. The third-order valence-electron chi connectivity index (χ3n) is 1.71. The first kappa shape index (κ1) is 7.34. The number of fused-ring (bicyclic) bond motifs is 1. The van der Waals surface area contributed by atoms with Crippen molar-refractivity contribution in [3.63, 3.8) is 0 Å². The first-order valence-corrected chi connectivity index (χ1v) is 3.90. The van der Waals surface area contributed by atoms with Gasteiger partial charge in [0.25, 0.3) is 11.8 Å². The molecule has 0 radical (unpaired) electrons. The van der Waals surface area contributed by atoms with Crippen molar-refractivity contribution in [1.29, 1.82) is 0 Å². The number of hydrogen-bond donors (Lipinski definition) is 0. The zero-order chi connectivity index (χ0) is 8.55. The van der Waals surface area contributed by atoms with Gasteiger partial charge in [0.1, 0.15) is 0 Å². The third kappa shape index (κ3) is 1.09. The molecule has 1 aliphatic rings. The molecule has 0 saturated carbocycles. The molecule has 1 aromatic heterocycles. The maximum absolute atomic E-state index is 5.09. The van der Waals surface area contributed by atoms with Gasteiger partial charge in [-0.2, -0.15) is 0 Å². The van der Waals surface area contributed by atoms with Crippen LogP contribution in [-0.4, -0.2) is 16.8 Å². The monoisotopic (exact) mass is 166 g/mol. The number of nitrogens with zero attached hydrogens (tertiary/aromatic N) is 2. The predicted octanol–water partition coefficient (Wildman–Crippen LogP) is 1.33. The van der Waals surface area contributed by atoms with Crippen molar-refractivity contribution in [2.24, 2.45) is 0 Å². The Morgan fingerprint density at radius 1 is 1.33 bits per heavy atom. The summed E-state index contributed by atoms with van der Waals surface area (Å²) in [5, 5.41) is 0. The normalized spacial score (nSPS) is 13.9. The topological polar surface area (TPSA) is 44.2 Å². The predicted molar refractivity (Wildman–Crippen MR) is 42.2 cm³/mol. The summed E-state index contributed by atoms with van der Waals surface area (Å²) in [6.07, 6.45) is 1.72. The summed E-state index contributed by atoms with van der Waals surface area (Å²) in [4.78, 5) is 8.31. The molecule has 4 nitrogen and oxygen atoms in total. The summed E-state index contributed by atoms with van der Waals surface area (Å²) >= 11 is 0. The summed E-state index contributed by atoms with van der Waals surface area (Å²) in [7, 11) is 0. The molecule has 0 unspecified atom stereocenters. The van der Waals surface area contributed by atoms with Gasteiger partial charge in [0.15, 0.2) is 0 Å². The highest BCUT2D eigenvalue weighted by atomic mass is 16.7. The minimum Gasteiger partial charge on any atom is -0.436 e. The minimum atomic E-state index is 0.233. The maximum Gasteiger partial charge on any atom is 0.281 e. The van der Waals surface area contributed by atoms with Gasteiger partial charge in [-0.25, -0.2) is 9.97 Å². The van der Waals surface area contributed by atoms with E-state index in [4.69, 9.17) is 9.47 Å². The lowest BCUT2D eigenvalue weighted by Crippen LogP contribution is -1.95. The summed E-state index contributed by atoms with van der Waals surface area (Å²) in [6, 6.07) is 0. The third-order valence-corrected chi connectivity index (χ3v) is 1.71. The molecule has 0 amide bonds. The van der Waals surface area contributed by atoms with E-state index in [9.17, 15) is 0 Å². The molecule has 0 fully saturated rings. The Hall–Kier alpha value is -1.32. The van der Waals surface area contributed by atoms with E-state index in [1.807, 2.05) is 0 Å². The van der Waals surface area contributed by atoms with E-state index in [2.05, 4.69) is 23.8 Å². The molecular formula is C8H10N2O2. The van der Waals surface area contributed by atoms with Gasteiger partial charge in [0.2, 0.25) is 6.79 Å². The molecule has 0 N–H and O–H groups in total. The summed E-state index contributed by atoms with van der Waals surface area (Å²) in [6.45, 7) is 4.36. The van der Waals surface area contributed by atoms with Crippen LogP contribution in [0.15, 0.2) is 6.20 Å². The van der Waals surface area contributed by atoms with E-state index in [0.29, 0.717) is 17.7 Å². The van der Waals surface area contributed by atoms with Crippen molar-refractivity contribution < 1.29 is 9.47 Å². The Morgan fingerprint density at radius 2 is 2.08 bits per heavy atom. The largest absolute Gasteiger partial charge is 0.436 e. The molecule has 0 spiro atoms. The van der Waals surface area contributed by atoms with Crippen LogP contribution in [-0.2, 0) is 0 Å². The molecule has 2 heterocycles. The smallest absolute Gasteiger partial charge is 0.281 e. The number of rotatable bonds is 1. The number of hydrogen-bond acceptors (Lipinski definition) is 4. The van der Waals surface area contributed by atoms with E-state index in [1.165, 1.54) is 0 Å². The Labute approximate surface area is 70.6 Å². The highest BCUT2D eigenvalue weighted by molar-refractivity contribution is 5.28. The van der Waals surface area contributed by atoms with Crippen molar-refractivity contribution in [3.05, 3.63) is 11.9 Å². The number of ether oxygens (including phenoxy) is 2. The molecular weight excluding hydrogens is 156 g/mol. The zero-order valence-corrected chi connectivity index (χ0v) is 7.07. The van der Waals surface area contributed by atoms with Gasteiger partial charge in [-0.15, -0.1) is 0 Å². The molecule has 64 valence electrons. The first-order chi connectivity index (χ1) is 5.77. The summed E-state index contributed by atoms with van der Waals surface area (Å²) < 4.78 is 10.1. The Balaban J connectivity index is 2.39. The lowest BCUT2D eigenvalue weighted by Gasteiger charge is -2.02. The molecule has 1 aromatic rings. The zero-order valence-electron chi connectivity index (χ0n) is 7.07. The van der Waals surface area contributed by atoms with E-state index in [1.54, 1.807) is 6.20 Å². The van der Waals surface area contributed by atoms with Gasteiger partial charge in [-0.1, -0.05) is 13.8 Å². The Morgan fingerprint density at radius 3 is 2.83 bits per heavy atom. The van der Waals surface area contributed by atoms with Gasteiger partial charge < -0.3 is 9.47 Å². The van der Waals surface area contributed by atoms with Crippen LogP contribution in [0, 0.1) is 0 Å². The van der Waals surface area contributed by atoms with Crippen LogP contribution in [0.5, 0.6) is 11.8 Å². The van der Waals surface area contributed by atoms with Crippen molar-refractivity contribution in [1.82, 2.24) is 9.97 Å². The average Bonchev–Trinajstić information content (AvgIpc) is 2.49. The molecule has 0 atom stereocenters. The Bertz CT molecular complexity index is 299. The molecule has 0 aliphatic carbocycles. The summed E-state index contributed by atoms with van der Waals surface area (Å²) in [5.41, 5.74) is 0.930.